The summed E-state index contributed by atoms with van der Waals surface area (Å²) in [6.45, 7) is 0.707. The van der Waals surface area contributed by atoms with Crippen molar-refractivity contribution in [2.45, 2.75) is 19.3 Å². The fourth-order valence-electron chi connectivity index (χ4n) is 0.722. The van der Waals surface area contributed by atoms with Crippen molar-refractivity contribution in [2.75, 3.05) is 6.54 Å². The molecule has 0 radical (unpaired) electrons. The van der Waals surface area contributed by atoms with Gasteiger partial charge in [0.15, 0.2) is 0 Å². The summed E-state index contributed by atoms with van der Waals surface area (Å²) < 4.78 is 0. The van der Waals surface area contributed by atoms with E-state index < -0.39 is 0 Å². The van der Waals surface area contributed by atoms with Gasteiger partial charge in [0, 0.05) is 19.4 Å². The SMILES string of the molecule is O=C1CCC=NCC1. The molecule has 8 heavy (non-hydrogen) atoms. The van der Waals surface area contributed by atoms with Gasteiger partial charge in [0.1, 0.15) is 5.78 Å². The van der Waals surface area contributed by atoms with E-state index in [9.17, 15) is 4.79 Å². The lowest BCUT2D eigenvalue weighted by Gasteiger charge is -1.86. The summed E-state index contributed by atoms with van der Waals surface area (Å²) in [5, 5.41) is 0. The first-order valence-corrected chi connectivity index (χ1v) is 2.89. The molecule has 1 heterocycles. The molecule has 0 bridgehead atoms. The summed E-state index contributed by atoms with van der Waals surface area (Å²) in [5.41, 5.74) is 0. The van der Waals surface area contributed by atoms with Crippen molar-refractivity contribution < 1.29 is 4.79 Å². The highest BCUT2D eigenvalue weighted by Crippen LogP contribution is 1.97. The molecule has 0 aromatic carbocycles. The first kappa shape index (κ1) is 5.48. The van der Waals surface area contributed by atoms with Crippen LogP contribution in [0.5, 0.6) is 0 Å². The molecule has 2 nitrogen and oxygen atoms in total. The van der Waals surface area contributed by atoms with E-state index in [1.165, 1.54) is 0 Å². The van der Waals surface area contributed by atoms with E-state index in [2.05, 4.69) is 4.99 Å². The van der Waals surface area contributed by atoms with Crippen molar-refractivity contribution >= 4 is 12.0 Å². The van der Waals surface area contributed by atoms with Crippen molar-refractivity contribution in [1.82, 2.24) is 0 Å². The number of nitrogens with zero attached hydrogens (tertiary/aromatic N) is 1. The molecular weight excluding hydrogens is 102 g/mol. The monoisotopic (exact) mass is 111 g/mol. The molecule has 1 aliphatic rings. The molecule has 0 aliphatic carbocycles. The van der Waals surface area contributed by atoms with Crippen LogP contribution < -0.4 is 0 Å². The lowest BCUT2D eigenvalue weighted by atomic mass is 10.2. The number of hydrogen-bond donors (Lipinski definition) is 0. The lowest BCUT2D eigenvalue weighted by molar-refractivity contribution is -0.118. The highest BCUT2D eigenvalue weighted by atomic mass is 16.1. The zero-order valence-electron chi connectivity index (χ0n) is 4.76. The summed E-state index contributed by atoms with van der Waals surface area (Å²) in [5.74, 6) is 0.350. The Morgan fingerprint density at radius 3 is 3.25 bits per heavy atom. The normalized spacial score (nSPS) is 20.8. The molecule has 0 saturated heterocycles. The smallest absolute Gasteiger partial charge is 0.135 e. The van der Waals surface area contributed by atoms with Crippen LogP contribution in [0.25, 0.3) is 0 Å². The second-order valence-electron chi connectivity index (χ2n) is 1.92. The van der Waals surface area contributed by atoms with Gasteiger partial charge in [0.25, 0.3) is 0 Å². The van der Waals surface area contributed by atoms with Gasteiger partial charge in [-0.25, -0.2) is 0 Å². The number of carbonyl (C=O) groups is 1. The van der Waals surface area contributed by atoms with Crippen LogP contribution in [-0.2, 0) is 4.79 Å². The molecule has 44 valence electrons. The number of hydrogen-bond acceptors (Lipinski definition) is 2. The van der Waals surface area contributed by atoms with Gasteiger partial charge in [0.05, 0.1) is 0 Å². The Labute approximate surface area is 48.6 Å². The fourth-order valence-corrected chi connectivity index (χ4v) is 0.722. The number of aliphatic imine (C=N–C) groups is 1. The van der Waals surface area contributed by atoms with Gasteiger partial charge in [-0.2, -0.15) is 0 Å². The van der Waals surface area contributed by atoms with Gasteiger partial charge in [-0.05, 0) is 12.6 Å². The van der Waals surface area contributed by atoms with E-state index in [0.717, 1.165) is 6.42 Å². The van der Waals surface area contributed by atoms with Crippen LogP contribution in [-0.4, -0.2) is 18.5 Å². The first-order valence-electron chi connectivity index (χ1n) is 2.89. The van der Waals surface area contributed by atoms with Crippen molar-refractivity contribution in [2.24, 2.45) is 4.99 Å². The largest absolute Gasteiger partial charge is 0.300 e. The van der Waals surface area contributed by atoms with Crippen LogP contribution in [0.3, 0.4) is 0 Å². The van der Waals surface area contributed by atoms with E-state index in [-0.39, 0.29) is 0 Å². The molecule has 1 rings (SSSR count). The van der Waals surface area contributed by atoms with E-state index in [1.54, 1.807) is 0 Å². The summed E-state index contributed by atoms with van der Waals surface area (Å²) in [6, 6.07) is 0. The van der Waals surface area contributed by atoms with E-state index in [1.807, 2.05) is 6.21 Å². The maximum Gasteiger partial charge on any atom is 0.135 e. The highest BCUT2D eigenvalue weighted by Gasteiger charge is 2.01. The molecule has 0 N–H and O–H groups in total. The minimum Gasteiger partial charge on any atom is -0.300 e. The summed E-state index contributed by atoms with van der Waals surface area (Å²) >= 11 is 0. The fraction of sp³-hybridized carbons (Fsp3) is 0.667. The van der Waals surface area contributed by atoms with Crippen molar-refractivity contribution in [3.63, 3.8) is 0 Å². The van der Waals surface area contributed by atoms with Crippen molar-refractivity contribution in [3.05, 3.63) is 0 Å². The zero-order chi connectivity index (χ0) is 5.82. The zero-order valence-corrected chi connectivity index (χ0v) is 4.76. The molecular formula is C6H9NO. The van der Waals surface area contributed by atoms with Gasteiger partial charge in [-0.1, -0.05) is 0 Å². The number of rotatable bonds is 0. The van der Waals surface area contributed by atoms with Crippen LogP contribution in [0.4, 0.5) is 0 Å². The van der Waals surface area contributed by atoms with Crippen LogP contribution in [0, 0.1) is 0 Å². The standard InChI is InChI=1S/C6H9NO/c8-6-2-1-4-7-5-3-6/h4H,1-3,5H2. The lowest BCUT2D eigenvalue weighted by Crippen LogP contribution is -1.95. The molecule has 0 atom stereocenters. The van der Waals surface area contributed by atoms with Gasteiger partial charge >= 0.3 is 0 Å². The Bertz CT molecular complexity index is 106. The molecule has 0 amide bonds. The quantitative estimate of drug-likeness (QED) is 0.455. The average Bonchev–Trinajstić information content (AvgIpc) is 1.94. The van der Waals surface area contributed by atoms with E-state index in [0.29, 0.717) is 25.2 Å². The number of Topliss-reactive ketones (excluding diaryl/α,β-unsaturated/α-hetero) is 1. The Kier molecular flexibility index (Phi) is 1.78. The van der Waals surface area contributed by atoms with Crippen LogP contribution in [0.15, 0.2) is 4.99 Å². The summed E-state index contributed by atoms with van der Waals surface area (Å²) in [4.78, 5) is 14.6. The van der Waals surface area contributed by atoms with Crippen molar-refractivity contribution in [1.29, 1.82) is 0 Å². The van der Waals surface area contributed by atoms with Gasteiger partial charge in [-0.3, -0.25) is 9.79 Å². The second-order valence-corrected chi connectivity index (χ2v) is 1.92. The third-order valence-corrected chi connectivity index (χ3v) is 1.20. The first-order chi connectivity index (χ1) is 3.89. The molecule has 0 aromatic heterocycles. The predicted molar refractivity (Wildman–Crippen MR) is 32.2 cm³/mol. The maximum absolute atomic E-state index is 10.6. The maximum atomic E-state index is 10.6. The molecule has 0 spiro atoms. The Balaban J connectivity index is 2.39. The molecule has 1 aliphatic heterocycles. The molecule has 0 unspecified atom stereocenters. The summed E-state index contributed by atoms with van der Waals surface area (Å²) in [7, 11) is 0. The topological polar surface area (TPSA) is 29.4 Å². The van der Waals surface area contributed by atoms with E-state index in [4.69, 9.17) is 0 Å². The molecule has 0 aromatic rings. The molecule has 0 fully saturated rings. The minimum atomic E-state index is 0.350. The third-order valence-electron chi connectivity index (χ3n) is 1.20. The van der Waals surface area contributed by atoms with Crippen LogP contribution >= 0.6 is 0 Å². The second kappa shape index (κ2) is 2.60. The van der Waals surface area contributed by atoms with Gasteiger partial charge in [-0.15, -0.1) is 0 Å². The Hall–Kier alpha value is -0.660. The summed E-state index contributed by atoms with van der Waals surface area (Å²) in [6.07, 6.45) is 4.03. The number of carbonyl (C=O) groups excluding carboxylic acids is 1. The molecule has 0 saturated carbocycles. The number of ketones is 1. The minimum absolute atomic E-state index is 0.350. The molecule has 2 heteroatoms. The highest BCUT2D eigenvalue weighted by molar-refractivity contribution is 5.82. The van der Waals surface area contributed by atoms with Crippen LogP contribution in [0.1, 0.15) is 19.3 Å². The third kappa shape index (κ3) is 1.45. The van der Waals surface area contributed by atoms with Gasteiger partial charge in [0.2, 0.25) is 0 Å². The average molecular weight is 111 g/mol. The van der Waals surface area contributed by atoms with Crippen molar-refractivity contribution in [3.8, 4) is 0 Å². The Morgan fingerprint density at radius 1 is 1.50 bits per heavy atom. The van der Waals surface area contributed by atoms with Crippen LogP contribution in [0.2, 0.25) is 0 Å². The Morgan fingerprint density at radius 2 is 2.38 bits per heavy atom. The predicted octanol–water partition coefficient (Wildman–Crippen LogP) is 0.810. The van der Waals surface area contributed by atoms with Gasteiger partial charge < -0.3 is 0 Å². The van der Waals surface area contributed by atoms with E-state index >= 15 is 0 Å².